The van der Waals surface area contributed by atoms with E-state index >= 15 is 0 Å². The molecule has 2 rings (SSSR count). The van der Waals surface area contributed by atoms with Gasteiger partial charge in [-0.2, -0.15) is 0 Å². The highest BCUT2D eigenvalue weighted by molar-refractivity contribution is 5.35. The Bertz CT molecular complexity index is 485. The van der Waals surface area contributed by atoms with E-state index in [-0.39, 0.29) is 0 Å². The molecule has 0 unspecified atom stereocenters. The van der Waals surface area contributed by atoms with Crippen molar-refractivity contribution in [1.82, 2.24) is 4.98 Å². The number of ether oxygens (including phenoxy) is 1. The van der Waals surface area contributed by atoms with Crippen molar-refractivity contribution in [3.8, 4) is 5.75 Å². The van der Waals surface area contributed by atoms with Crippen LogP contribution in [0.2, 0.25) is 0 Å². The van der Waals surface area contributed by atoms with E-state index in [4.69, 9.17) is 4.74 Å². The van der Waals surface area contributed by atoms with E-state index in [0.717, 1.165) is 17.0 Å². The predicted octanol–water partition coefficient (Wildman–Crippen LogP) is 3.10. The zero-order valence-electron chi connectivity index (χ0n) is 10.4. The van der Waals surface area contributed by atoms with E-state index in [9.17, 15) is 5.11 Å². The van der Waals surface area contributed by atoms with Crippen LogP contribution in [0.25, 0.3) is 0 Å². The van der Waals surface area contributed by atoms with E-state index in [0.29, 0.717) is 13.0 Å². The lowest BCUT2D eigenvalue weighted by molar-refractivity contribution is 0.166. The largest absolute Gasteiger partial charge is 0.487 e. The molecule has 0 aliphatic rings. The molecule has 1 N–H and O–H groups in total. The second kappa shape index (κ2) is 6.17. The third kappa shape index (κ3) is 3.08. The van der Waals surface area contributed by atoms with Crippen molar-refractivity contribution in [2.45, 2.75) is 26.1 Å². The van der Waals surface area contributed by atoms with Crippen molar-refractivity contribution in [1.29, 1.82) is 0 Å². The third-order valence-electron chi connectivity index (χ3n) is 2.77. The maximum absolute atomic E-state index is 9.91. The summed E-state index contributed by atoms with van der Waals surface area (Å²) in [6.07, 6.45) is 1.93. The van der Waals surface area contributed by atoms with Gasteiger partial charge in [-0.05, 0) is 24.6 Å². The molecule has 1 aromatic carbocycles. The van der Waals surface area contributed by atoms with Crippen molar-refractivity contribution in [3.05, 3.63) is 59.9 Å². The monoisotopic (exact) mass is 243 g/mol. The van der Waals surface area contributed by atoms with E-state index in [1.54, 1.807) is 6.20 Å². The lowest BCUT2D eigenvalue weighted by Crippen LogP contribution is -2.03. The van der Waals surface area contributed by atoms with Crippen LogP contribution in [-0.2, 0) is 6.61 Å². The molecular weight excluding hydrogens is 226 g/mol. The molecule has 0 spiro atoms. The first-order valence-electron chi connectivity index (χ1n) is 6.11. The Balaban J connectivity index is 2.10. The standard InChI is InChI=1S/C15H17NO2/c1-2-14(17)13-8-3-4-9-15(13)18-11-12-7-5-6-10-16-12/h3-10,14,17H,2,11H2,1H3/t14-/m0/s1. The summed E-state index contributed by atoms with van der Waals surface area (Å²) in [5.74, 6) is 0.720. The molecule has 2 aromatic rings. The molecule has 94 valence electrons. The lowest BCUT2D eigenvalue weighted by Gasteiger charge is -2.14. The first-order valence-corrected chi connectivity index (χ1v) is 6.11. The number of benzene rings is 1. The zero-order valence-corrected chi connectivity index (χ0v) is 10.4. The highest BCUT2D eigenvalue weighted by atomic mass is 16.5. The van der Waals surface area contributed by atoms with Gasteiger partial charge in [0.15, 0.2) is 0 Å². The minimum Gasteiger partial charge on any atom is -0.487 e. The van der Waals surface area contributed by atoms with Crippen LogP contribution in [0.1, 0.15) is 30.7 Å². The number of hydrogen-bond acceptors (Lipinski definition) is 3. The van der Waals surface area contributed by atoms with Crippen molar-refractivity contribution in [3.63, 3.8) is 0 Å². The van der Waals surface area contributed by atoms with Crippen LogP contribution in [0.5, 0.6) is 5.75 Å². The Morgan fingerprint density at radius 2 is 1.94 bits per heavy atom. The summed E-state index contributed by atoms with van der Waals surface area (Å²) in [5.41, 5.74) is 1.70. The Morgan fingerprint density at radius 1 is 1.17 bits per heavy atom. The van der Waals surface area contributed by atoms with Crippen LogP contribution in [0.3, 0.4) is 0 Å². The van der Waals surface area contributed by atoms with Gasteiger partial charge in [0.2, 0.25) is 0 Å². The summed E-state index contributed by atoms with van der Waals surface area (Å²) in [6, 6.07) is 13.3. The molecule has 0 bridgehead atoms. The SMILES string of the molecule is CC[C@H](O)c1ccccc1OCc1ccccn1. The minimum absolute atomic E-state index is 0.411. The van der Waals surface area contributed by atoms with Gasteiger partial charge in [0, 0.05) is 11.8 Å². The molecule has 1 heterocycles. The van der Waals surface area contributed by atoms with Crippen LogP contribution in [0, 0.1) is 0 Å². The third-order valence-corrected chi connectivity index (χ3v) is 2.77. The van der Waals surface area contributed by atoms with Crippen molar-refractivity contribution in [2.75, 3.05) is 0 Å². The average Bonchev–Trinajstić information content (AvgIpc) is 2.45. The molecule has 3 nitrogen and oxygen atoms in total. The van der Waals surface area contributed by atoms with Gasteiger partial charge in [-0.3, -0.25) is 4.98 Å². The summed E-state index contributed by atoms with van der Waals surface area (Å²) in [4.78, 5) is 4.20. The maximum atomic E-state index is 9.91. The number of pyridine rings is 1. The van der Waals surface area contributed by atoms with Crippen molar-refractivity contribution >= 4 is 0 Å². The van der Waals surface area contributed by atoms with E-state index in [1.807, 2.05) is 49.4 Å². The molecule has 1 aromatic heterocycles. The second-order valence-electron chi connectivity index (χ2n) is 4.07. The smallest absolute Gasteiger partial charge is 0.130 e. The van der Waals surface area contributed by atoms with Gasteiger partial charge in [0.05, 0.1) is 11.8 Å². The fourth-order valence-corrected chi connectivity index (χ4v) is 1.74. The number of rotatable bonds is 5. The molecule has 0 saturated heterocycles. The molecule has 0 fully saturated rings. The zero-order chi connectivity index (χ0) is 12.8. The molecule has 0 radical (unpaired) electrons. The number of para-hydroxylation sites is 1. The highest BCUT2D eigenvalue weighted by Crippen LogP contribution is 2.27. The number of hydrogen-bond donors (Lipinski definition) is 1. The average molecular weight is 243 g/mol. The fraction of sp³-hybridized carbons (Fsp3) is 0.267. The van der Waals surface area contributed by atoms with Crippen LogP contribution in [0.15, 0.2) is 48.7 Å². The molecule has 18 heavy (non-hydrogen) atoms. The summed E-state index contributed by atoms with van der Waals surface area (Å²) in [7, 11) is 0. The highest BCUT2D eigenvalue weighted by Gasteiger charge is 2.10. The van der Waals surface area contributed by atoms with Crippen LogP contribution >= 0.6 is 0 Å². The van der Waals surface area contributed by atoms with E-state index < -0.39 is 6.10 Å². The molecular formula is C15H17NO2. The van der Waals surface area contributed by atoms with Crippen molar-refractivity contribution < 1.29 is 9.84 Å². The normalized spacial score (nSPS) is 12.1. The van der Waals surface area contributed by atoms with Gasteiger partial charge < -0.3 is 9.84 Å². The van der Waals surface area contributed by atoms with Crippen LogP contribution in [-0.4, -0.2) is 10.1 Å². The molecule has 0 saturated carbocycles. The van der Waals surface area contributed by atoms with Crippen LogP contribution < -0.4 is 4.74 Å². The van der Waals surface area contributed by atoms with Gasteiger partial charge in [-0.25, -0.2) is 0 Å². The van der Waals surface area contributed by atoms with Crippen molar-refractivity contribution in [2.24, 2.45) is 0 Å². The number of aliphatic hydroxyl groups is 1. The molecule has 1 atom stereocenters. The number of aliphatic hydroxyl groups excluding tert-OH is 1. The predicted molar refractivity (Wildman–Crippen MR) is 70.3 cm³/mol. The lowest BCUT2D eigenvalue weighted by atomic mass is 10.1. The first-order chi connectivity index (χ1) is 8.81. The number of nitrogens with zero attached hydrogens (tertiary/aromatic N) is 1. The van der Waals surface area contributed by atoms with Gasteiger partial charge in [-0.1, -0.05) is 31.2 Å². The first kappa shape index (κ1) is 12.6. The minimum atomic E-state index is -0.482. The molecule has 3 heteroatoms. The summed E-state index contributed by atoms with van der Waals surface area (Å²) < 4.78 is 5.72. The van der Waals surface area contributed by atoms with Gasteiger partial charge in [0.25, 0.3) is 0 Å². The van der Waals surface area contributed by atoms with Gasteiger partial charge >= 0.3 is 0 Å². The van der Waals surface area contributed by atoms with Crippen LogP contribution in [0.4, 0.5) is 0 Å². The Hall–Kier alpha value is -1.87. The maximum Gasteiger partial charge on any atom is 0.130 e. The summed E-state index contributed by atoms with van der Waals surface area (Å²) >= 11 is 0. The quantitative estimate of drug-likeness (QED) is 0.877. The molecule has 0 aliphatic carbocycles. The Labute approximate surface area is 107 Å². The second-order valence-corrected chi connectivity index (χ2v) is 4.07. The molecule has 0 amide bonds. The Kier molecular flexibility index (Phi) is 4.31. The fourth-order valence-electron chi connectivity index (χ4n) is 1.74. The molecule has 0 aliphatic heterocycles. The number of aromatic nitrogens is 1. The van der Waals surface area contributed by atoms with E-state index in [2.05, 4.69) is 4.98 Å². The topological polar surface area (TPSA) is 42.4 Å². The van der Waals surface area contributed by atoms with Gasteiger partial charge in [0.1, 0.15) is 12.4 Å². The Morgan fingerprint density at radius 3 is 2.67 bits per heavy atom. The summed E-state index contributed by atoms with van der Waals surface area (Å²) in [6.45, 7) is 2.36. The van der Waals surface area contributed by atoms with Gasteiger partial charge in [-0.15, -0.1) is 0 Å². The summed E-state index contributed by atoms with van der Waals surface area (Å²) in [5, 5.41) is 9.91. The van der Waals surface area contributed by atoms with E-state index in [1.165, 1.54) is 0 Å².